The highest BCUT2D eigenvalue weighted by atomic mass is 127. The second-order valence-electron chi connectivity index (χ2n) is 6.91. The lowest BCUT2D eigenvalue weighted by Gasteiger charge is -2.32. The Kier molecular flexibility index (Phi) is 8.40. The van der Waals surface area contributed by atoms with Crippen LogP contribution in [0.1, 0.15) is 39.0 Å². The molecule has 2 unspecified atom stereocenters. The van der Waals surface area contributed by atoms with Crippen molar-refractivity contribution in [2.24, 2.45) is 10.9 Å². The highest BCUT2D eigenvalue weighted by Gasteiger charge is 2.30. The molecule has 6 heteroatoms. The SMILES string of the molecule is CCNC(=NCC1CCOC1)N1CCC(N2CCCCC2)C1.I. The molecule has 3 heterocycles. The molecule has 0 aliphatic carbocycles. The van der Waals surface area contributed by atoms with E-state index in [0.717, 1.165) is 51.4 Å². The van der Waals surface area contributed by atoms with E-state index in [1.807, 2.05) is 0 Å². The number of hydrogen-bond acceptors (Lipinski definition) is 3. The first-order valence-corrected chi connectivity index (χ1v) is 9.22. The van der Waals surface area contributed by atoms with Crippen LogP contribution in [0.25, 0.3) is 0 Å². The van der Waals surface area contributed by atoms with Crippen LogP contribution in [-0.4, -0.2) is 74.3 Å². The van der Waals surface area contributed by atoms with E-state index >= 15 is 0 Å². The van der Waals surface area contributed by atoms with Gasteiger partial charge in [0.15, 0.2) is 5.96 Å². The molecule has 3 aliphatic heterocycles. The molecule has 5 nitrogen and oxygen atoms in total. The van der Waals surface area contributed by atoms with Gasteiger partial charge in [-0.1, -0.05) is 6.42 Å². The zero-order chi connectivity index (χ0) is 15.2. The van der Waals surface area contributed by atoms with Crippen molar-refractivity contribution in [1.29, 1.82) is 0 Å². The largest absolute Gasteiger partial charge is 0.381 e. The summed E-state index contributed by atoms with van der Waals surface area (Å²) < 4.78 is 5.46. The van der Waals surface area contributed by atoms with Crippen LogP contribution in [0.3, 0.4) is 0 Å². The third-order valence-electron chi connectivity index (χ3n) is 5.23. The van der Waals surface area contributed by atoms with Crippen molar-refractivity contribution in [2.45, 2.75) is 45.1 Å². The maximum absolute atomic E-state index is 5.46. The maximum atomic E-state index is 5.46. The number of rotatable bonds is 4. The quantitative estimate of drug-likeness (QED) is 0.417. The van der Waals surface area contributed by atoms with E-state index in [0.29, 0.717) is 5.92 Å². The van der Waals surface area contributed by atoms with Gasteiger partial charge in [0.05, 0.1) is 6.61 Å². The number of hydrogen-bond donors (Lipinski definition) is 1. The fourth-order valence-electron chi connectivity index (χ4n) is 3.88. The number of nitrogens with zero attached hydrogens (tertiary/aromatic N) is 3. The lowest BCUT2D eigenvalue weighted by atomic mass is 10.1. The van der Waals surface area contributed by atoms with Crippen LogP contribution in [0.4, 0.5) is 0 Å². The van der Waals surface area contributed by atoms with Crippen molar-refractivity contribution in [3.63, 3.8) is 0 Å². The molecule has 3 rings (SSSR count). The van der Waals surface area contributed by atoms with E-state index in [2.05, 4.69) is 22.0 Å². The minimum absolute atomic E-state index is 0. The van der Waals surface area contributed by atoms with E-state index in [4.69, 9.17) is 9.73 Å². The van der Waals surface area contributed by atoms with Crippen LogP contribution in [0.15, 0.2) is 4.99 Å². The van der Waals surface area contributed by atoms with Crippen LogP contribution in [0, 0.1) is 5.92 Å². The number of piperidine rings is 1. The predicted octanol–water partition coefficient (Wildman–Crippen LogP) is 2.17. The summed E-state index contributed by atoms with van der Waals surface area (Å²) in [6.07, 6.45) is 6.63. The molecule has 134 valence electrons. The molecule has 2 atom stereocenters. The van der Waals surface area contributed by atoms with E-state index in [1.165, 1.54) is 45.2 Å². The molecule has 1 N–H and O–H groups in total. The van der Waals surface area contributed by atoms with Crippen molar-refractivity contribution < 1.29 is 4.74 Å². The maximum Gasteiger partial charge on any atom is 0.193 e. The summed E-state index contributed by atoms with van der Waals surface area (Å²) in [4.78, 5) is 10.1. The minimum Gasteiger partial charge on any atom is -0.381 e. The third-order valence-corrected chi connectivity index (χ3v) is 5.23. The number of likely N-dealkylation sites (tertiary alicyclic amines) is 2. The monoisotopic (exact) mass is 436 g/mol. The van der Waals surface area contributed by atoms with Crippen molar-refractivity contribution >= 4 is 29.9 Å². The molecule has 3 saturated heterocycles. The highest BCUT2D eigenvalue weighted by Crippen LogP contribution is 2.20. The average molecular weight is 436 g/mol. The minimum atomic E-state index is 0. The Labute approximate surface area is 158 Å². The Morgan fingerprint density at radius 1 is 1.17 bits per heavy atom. The standard InChI is InChI=1S/C17H32N4O.HI/c1-2-18-17(19-12-15-7-11-22-14-15)21-10-6-16(13-21)20-8-4-3-5-9-20;/h15-16H,2-14H2,1H3,(H,18,19);1H. The van der Waals surface area contributed by atoms with Crippen molar-refractivity contribution in [3.05, 3.63) is 0 Å². The van der Waals surface area contributed by atoms with E-state index in [1.54, 1.807) is 0 Å². The molecule has 23 heavy (non-hydrogen) atoms. The summed E-state index contributed by atoms with van der Waals surface area (Å²) in [5, 5.41) is 3.49. The Balaban J connectivity index is 0.00000192. The van der Waals surface area contributed by atoms with Gasteiger partial charge in [0.1, 0.15) is 0 Å². The van der Waals surface area contributed by atoms with E-state index < -0.39 is 0 Å². The molecule has 0 amide bonds. The predicted molar refractivity (Wildman–Crippen MR) is 106 cm³/mol. The van der Waals surface area contributed by atoms with Gasteiger partial charge in [-0.15, -0.1) is 24.0 Å². The smallest absolute Gasteiger partial charge is 0.193 e. The molecule has 0 aromatic rings. The van der Waals surface area contributed by atoms with Gasteiger partial charge in [0, 0.05) is 44.7 Å². The number of halogens is 1. The van der Waals surface area contributed by atoms with Crippen LogP contribution in [0.5, 0.6) is 0 Å². The van der Waals surface area contributed by atoms with Crippen LogP contribution < -0.4 is 5.32 Å². The average Bonchev–Trinajstić information content (AvgIpc) is 3.24. The van der Waals surface area contributed by atoms with Gasteiger partial charge < -0.3 is 15.0 Å². The summed E-state index contributed by atoms with van der Waals surface area (Å²) in [5.41, 5.74) is 0. The zero-order valence-corrected chi connectivity index (χ0v) is 16.8. The second kappa shape index (κ2) is 10.0. The zero-order valence-electron chi connectivity index (χ0n) is 14.5. The molecule has 0 bridgehead atoms. The molecular formula is C17H33IN4O. The summed E-state index contributed by atoms with van der Waals surface area (Å²) in [7, 11) is 0. The van der Waals surface area contributed by atoms with Gasteiger partial charge in [-0.05, 0) is 45.7 Å². The Morgan fingerprint density at radius 3 is 2.70 bits per heavy atom. The fourth-order valence-corrected chi connectivity index (χ4v) is 3.88. The molecule has 0 spiro atoms. The first-order valence-electron chi connectivity index (χ1n) is 9.22. The van der Waals surface area contributed by atoms with Crippen LogP contribution in [0.2, 0.25) is 0 Å². The molecule has 0 radical (unpaired) electrons. The van der Waals surface area contributed by atoms with Crippen molar-refractivity contribution in [1.82, 2.24) is 15.1 Å². The van der Waals surface area contributed by atoms with E-state index in [-0.39, 0.29) is 24.0 Å². The molecule has 3 aliphatic rings. The fraction of sp³-hybridized carbons (Fsp3) is 0.941. The lowest BCUT2D eigenvalue weighted by molar-refractivity contribution is 0.168. The summed E-state index contributed by atoms with van der Waals surface area (Å²) in [5.74, 6) is 1.74. The molecule has 0 aromatic heterocycles. The second-order valence-corrected chi connectivity index (χ2v) is 6.91. The highest BCUT2D eigenvalue weighted by molar-refractivity contribution is 14.0. The van der Waals surface area contributed by atoms with Gasteiger partial charge in [0.2, 0.25) is 0 Å². The summed E-state index contributed by atoms with van der Waals surface area (Å²) >= 11 is 0. The number of ether oxygens (including phenoxy) is 1. The van der Waals surface area contributed by atoms with Gasteiger partial charge in [0.25, 0.3) is 0 Å². The topological polar surface area (TPSA) is 40.1 Å². The molecule has 0 aromatic carbocycles. The van der Waals surface area contributed by atoms with E-state index in [9.17, 15) is 0 Å². The first-order chi connectivity index (χ1) is 10.9. The third kappa shape index (κ3) is 5.46. The Hall–Kier alpha value is -0.0800. The number of guanidine groups is 1. The van der Waals surface area contributed by atoms with Gasteiger partial charge in [-0.2, -0.15) is 0 Å². The van der Waals surface area contributed by atoms with Gasteiger partial charge in [-0.3, -0.25) is 9.89 Å². The number of nitrogens with one attached hydrogen (secondary N) is 1. The van der Waals surface area contributed by atoms with Gasteiger partial charge in [-0.25, -0.2) is 0 Å². The van der Waals surface area contributed by atoms with Crippen molar-refractivity contribution in [2.75, 3.05) is 52.5 Å². The molecule has 0 saturated carbocycles. The Morgan fingerprint density at radius 2 is 2.00 bits per heavy atom. The normalized spacial score (nSPS) is 29.6. The number of aliphatic imine (C=N–C) groups is 1. The van der Waals surface area contributed by atoms with Gasteiger partial charge >= 0.3 is 0 Å². The van der Waals surface area contributed by atoms with Crippen LogP contribution in [-0.2, 0) is 4.74 Å². The molecule has 3 fully saturated rings. The van der Waals surface area contributed by atoms with Crippen molar-refractivity contribution in [3.8, 4) is 0 Å². The Bertz CT molecular complexity index is 368. The first kappa shape index (κ1) is 19.2. The van der Waals surface area contributed by atoms with Crippen LogP contribution >= 0.6 is 24.0 Å². The summed E-state index contributed by atoms with van der Waals surface area (Å²) in [6.45, 7) is 10.7. The molecular weight excluding hydrogens is 403 g/mol. The lowest BCUT2D eigenvalue weighted by Crippen LogP contribution is -2.44. The summed E-state index contributed by atoms with van der Waals surface area (Å²) in [6, 6.07) is 0.735.